The number of nitrogens with one attached hydrogen (secondary N) is 1. The molecule has 3 aromatic rings. The molecule has 0 spiro atoms. The fourth-order valence-corrected chi connectivity index (χ4v) is 5.11. The average Bonchev–Trinajstić information content (AvgIpc) is 3.31. The zero-order chi connectivity index (χ0) is 25.2. The number of imidazole rings is 1. The second-order valence-electron chi connectivity index (χ2n) is 9.70. The SMILES string of the molecule is COc1ccc(C2Cn3cnc(C(=O)N4CCC(C(=O)Nc5cc(C)cc(C)c5)CC4)c3CO2)cc1. The van der Waals surface area contributed by atoms with E-state index >= 15 is 0 Å². The normalized spacial score (nSPS) is 18.0. The molecule has 36 heavy (non-hydrogen) atoms. The van der Waals surface area contributed by atoms with Crippen LogP contribution >= 0.6 is 0 Å². The first-order chi connectivity index (χ1) is 17.4. The van der Waals surface area contributed by atoms with Crippen molar-refractivity contribution in [3.05, 3.63) is 76.9 Å². The number of hydrogen-bond donors (Lipinski definition) is 1. The van der Waals surface area contributed by atoms with Crippen LogP contribution in [0.4, 0.5) is 5.69 Å². The number of methoxy groups -OCH3 is 1. The predicted molar refractivity (Wildman–Crippen MR) is 136 cm³/mol. The largest absolute Gasteiger partial charge is 0.497 e. The maximum Gasteiger partial charge on any atom is 0.274 e. The van der Waals surface area contributed by atoms with Crippen LogP contribution in [0, 0.1) is 19.8 Å². The van der Waals surface area contributed by atoms with Gasteiger partial charge in [0, 0.05) is 24.7 Å². The minimum atomic E-state index is -0.112. The predicted octanol–water partition coefficient (Wildman–Crippen LogP) is 4.27. The monoisotopic (exact) mass is 488 g/mol. The van der Waals surface area contributed by atoms with E-state index < -0.39 is 0 Å². The number of nitrogens with zero attached hydrogens (tertiary/aromatic N) is 3. The van der Waals surface area contributed by atoms with E-state index in [-0.39, 0.29) is 23.8 Å². The number of aryl methyl sites for hydroxylation is 2. The minimum absolute atomic E-state index is 0.0180. The van der Waals surface area contributed by atoms with E-state index in [0.29, 0.717) is 44.8 Å². The Balaban J connectivity index is 1.18. The van der Waals surface area contributed by atoms with Gasteiger partial charge < -0.3 is 24.3 Å². The van der Waals surface area contributed by atoms with Gasteiger partial charge in [0.1, 0.15) is 11.9 Å². The van der Waals surface area contributed by atoms with E-state index in [1.165, 1.54) is 0 Å². The first kappa shape index (κ1) is 24.1. The van der Waals surface area contributed by atoms with Crippen LogP contribution in [-0.2, 0) is 22.7 Å². The number of likely N-dealkylation sites (tertiary alicyclic amines) is 1. The smallest absolute Gasteiger partial charge is 0.274 e. The summed E-state index contributed by atoms with van der Waals surface area (Å²) < 4.78 is 13.3. The fraction of sp³-hybridized carbons (Fsp3) is 0.393. The van der Waals surface area contributed by atoms with Gasteiger partial charge in [-0.25, -0.2) is 4.98 Å². The van der Waals surface area contributed by atoms with E-state index in [4.69, 9.17) is 9.47 Å². The maximum absolute atomic E-state index is 13.3. The molecule has 1 aromatic heterocycles. The summed E-state index contributed by atoms with van der Waals surface area (Å²) in [5.74, 6) is 0.615. The molecule has 2 aliphatic heterocycles. The molecule has 0 aliphatic carbocycles. The Kier molecular flexibility index (Phi) is 6.78. The van der Waals surface area contributed by atoms with Gasteiger partial charge in [-0.3, -0.25) is 9.59 Å². The quantitative estimate of drug-likeness (QED) is 0.580. The lowest BCUT2D eigenvalue weighted by atomic mass is 9.95. The molecule has 8 heteroatoms. The molecule has 8 nitrogen and oxygen atoms in total. The molecular weight excluding hydrogens is 456 g/mol. The molecule has 188 valence electrons. The zero-order valence-electron chi connectivity index (χ0n) is 21.0. The molecular formula is C28H32N4O4. The number of piperidine rings is 1. The number of hydrogen-bond acceptors (Lipinski definition) is 5. The molecule has 1 atom stereocenters. The number of benzene rings is 2. The summed E-state index contributed by atoms with van der Waals surface area (Å²) >= 11 is 0. The van der Waals surface area contributed by atoms with Crippen LogP contribution in [0.2, 0.25) is 0 Å². The molecule has 1 N–H and O–H groups in total. The lowest BCUT2D eigenvalue weighted by molar-refractivity contribution is -0.121. The number of rotatable bonds is 5. The van der Waals surface area contributed by atoms with Gasteiger partial charge in [0.25, 0.3) is 5.91 Å². The van der Waals surface area contributed by atoms with Crippen LogP contribution in [0.15, 0.2) is 48.8 Å². The highest BCUT2D eigenvalue weighted by atomic mass is 16.5. The average molecular weight is 489 g/mol. The second kappa shape index (κ2) is 10.1. The Morgan fingerprint density at radius 3 is 2.42 bits per heavy atom. The first-order valence-electron chi connectivity index (χ1n) is 12.4. The Hall–Kier alpha value is -3.65. The molecule has 1 unspecified atom stereocenters. The van der Waals surface area contributed by atoms with Crippen molar-refractivity contribution in [2.75, 3.05) is 25.5 Å². The third-order valence-electron chi connectivity index (χ3n) is 7.06. The van der Waals surface area contributed by atoms with Crippen molar-refractivity contribution in [3.8, 4) is 5.75 Å². The number of amides is 2. The van der Waals surface area contributed by atoms with Crippen molar-refractivity contribution in [1.29, 1.82) is 0 Å². The molecule has 2 aliphatic rings. The van der Waals surface area contributed by atoms with Gasteiger partial charge in [-0.05, 0) is 67.6 Å². The molecule has 2 aromatic carbocycles. The fourth-order valence-electron chi connectivity index (χ4n) is 5.11. The highest BCUT2D eigenvalue weighted by molar-refractivity contribution is 5.95. The molecule has 0 saturated carbocycles. The maximum atomic E-state index is 13.3. The van der Waals surface area contributed by atoms with Gasteiger partial charge in [0.15, 0.2) is 5.69 Å². The summed E-state index contributed by atoms with van der Waals surface area (Å²) in [5.41, 5.74) is 5.38. The molecule has 0 radical (unpaired) electrons. The molecule has 3 heterocycles. The van der Waals surface area contributed by atoms with Gasteiger partial charge in [-0.1, -0.05) is 18.2 Å². The van der Waals surface area contributed by atoms with Crippen LogP contribution < -0.4 is 10.1 Å². The van der Waals surface area contributed by atoms with Gasteiger partial charge in [0.05, 0.1) is 32.3 Å². The Morgan fingerprint density at radius 1 is 1.06 bits per heavy atom. The lowest BCUT2D eigenvalue weighted by Crippen LogP contribution is -2.42. The molecule has 5 rings (SSSR count). The Labute approximate surface area is 211 Å². The summed E-state index contributed by atoms with van der Waals surface area (Å²) in [7, 11) is 1.64. The summed E-state index contributed by atoms with van der Waals surface area (Å²) in [5, 5.41) is 3.05. The van der Waals surface area contributed by atoms with Crippen LogP contribution in [0.5, 0.6) is 5.75 Å². The number of carbonyl (C=O) groups excluding carboxylic acids is 2. The van der Waals surface area contributed by atoms with Crippen LogP contribution in [0.3, 0.4) is 0 Å². The zero-order valence-corrected chi connectivity index (χ0v) is 21.0. The summed E-state index contributed by atoms with van der Waals surface area (Å²) in [6, 6.07) is 13.9. The van der Waals surface area contributed by atoms with Crippen molar-refractivity contribution < 1.29 is 19.1 Å². The van der Waals surface area contributed by atoms with E-state index in [0.717, 1.165) is 33.8 Å². The van der Waals surface area contributed by atoms with Crippen molar-refractivity contribution in [1.82, 2.24) is 14.5 Å². The third kappa shape index (κ3) is 4.99. The summed E-state index contributed by atoms with van der Waals surface area (Å²) in [6.45, 7) is 6.03. The summed E-state index contributed by atoms with van der Waals surface area (Å²) in [4.78, 5) is 32.3. The van der Waals surface area contributed by atoms with E-state index in [1.54, 1.807) is 18.3 Å². The summed E-state index contributed by atoms with van der Waals surface area (Å²) in [6.07, 6.45) is 2.89. The van der Waals surface area contributed by atoms with E-state index in [9.17, 15) is 9.59 Å². The van der Waals surface area contributed by atoms with Crippen LogP contribution in [0.25, 0.3) is 0 Å². The topological polar surface area (TPSA) is 85.7 Å². The second-order valence-corrected chi connectivity index (χ2v) is 9.70. The number of carbonyl (C=O) groups is 2. The Morgan fingerprint density at radius 2 is 1.75 bits per heavy atom. The van der Waals surface area contributed by atoms with Crippen molar-refractivity contribution >= 4 is 17.5 Å². The number of ether oxygens (including phenoxy) is 2. The van der Waals surface area contributed by atoms with E-state index in [1.807, 2.05) is 54.8 Å². The van der Waals surface area contributed by atoms with Gasteiger partial charge >= 0.3 is 0 Å². The number of aromatic nitrogens is 2. The molecule has 1 saturated heterocycles. The first-order valence-corrected chi connectivity index (χ1v) is 12.4. The Bertz CT molecular complexity index is 1240. The van der Waals surface area contributed by atoms with Crippen LogP contribution in [0.1, 0.15) is 51.8 Å². The van der Waals surface area contributed by atoms with Gasteiger partial charge in [-0.15, -0.1) is 0 Å². The van der Waals surface area contributed by atoms with Crippen molar-refractivity contribution in [2.24, 2.45) is 5.92 Å². The standard InChI is InChI=1S/C28H32N4O4/c1-18-12-19(2)14-22(13-18)30-27(33)21-8-10-31(11-9-21)28(34)26-24-16-36-25(15-32(24)17-29-26)20-4-6-23(35-3)7-5-20/h4-7,12-14,17,21,25H,8-11,15-16H2,1-3H3,(H,30,33). The molecule has 2 amide bonds. The number of fused-ring (bicyclic) bond motifs is 1. The van der Waals surface area contributed by atoms with Gasteiger partial charge in [0.2, 0.25) is 5.91 Å². The highest BCUT2D eigenvalue weighted by Gasteiger charge is 2.32. The van der Waals surface area contributed by atoms with Crippen molar-refractivity contribution in [3.63, 3.8) is 0 Å². The van der Waals surface area contributed by atoms with Gasteiger partial charge in [-0.2, -0.15) is 0 Å². The lowest BCUT2D eigenvalue weighted by Gasteiger charge is -2.31. The van der Waals surface area contributed by atoms with Crippen molar-refractivity contribution in [2.45, 2.75) is 45.9 Å². The van der Waals surface area contributed by atoms with Crippen LogP contribution in [-0.4, -0.2) is 46.5 Å². The molecule has 1 fully saturated rings. The molecule has 0 bridgehead atoms. The minimum Gasteiger partial charge on any atom is -0.497 e. The third-order valence-corrected chi connectivity index (χ3v) is 7.06. The number of anilines is 1. The van der Waals surface area contributed by atoms with E-state index in [2.05, 4.69) is 16.4 Å². The highest BCUT2D eigenvalue weighted by Crippen LogP contribution is 2.30.